The van der Waals surface area contributed by atoms with Crippen molar-refractivity contribution in [3.05, 3.63) is 35.4 Å². The van der Waals surface area contributed by atoms with Gasteiger partial charge in [-0.05, 0) is 43.4 Å². The lowest BCUT2D eigenvalue weighted by Gasteiger charge is -2.37. The minimum Gasteiger partial charge on any atom is -0.336 e. The van der Waals surface area contributed by atoms with Crippen molar-refractivity contribution in [2.45, 2.75) is 49.6 Å². The Hall–Kier alpha value is -1.16. The van der Waals surface area contributed by atoms with Crippen molar-refractivity contribution in [3.8, 4) is 0 Å². The smallest absolute Gasteiger partial charge is 0.227 e. The largest absolute Gasteiger partial charge is 0.336 e. The highest BCUT2D eigenvalue weighted by Gasteiger charge is 2.42. The molecule has 0 saturated carbocycles. The second kappa shape index (κ2) is 5.32. The van der Waals surface area contributed by atoms with E-state index in [4.69, 9.17) is 11.6 Å². The number of hydrogen-bond acceptors (Lipinski definition) is 1. The molecule has 20 heavy (non-hydrogen) atoms. The van der Waals surface area contributed by atoms with Gasteiger partial charge in [0.2, 0.25) is 5.91 Å². The van der Waals surface area contributed by atoms with Gasteiger partial charge in [0, 0.05) is 17.5 Å². The number of carbonyl (C=O) groups is 1. The average molecular weight is 300 g/mol. The van der Waals surface area contributed by atoms with E-state index >= 15 is 0 Å². The zero-order chi connectivity index (χ0) is 14.3. The normalized spacial score (nSPS) is 28.8. The molecule has 1 aromatic rings. The van der Waals surface area contributed by atoms with Crippen LogP contribution in [0.5, 0.6) is 0 Å². The molecule has 2 aliphatic rings. The summed E-state index contributed by atoms with van der Waals surface area (Å²) in [7, 11) is 0. The zero-order valence-corrected chi connectivity index (χ0v) is 11.7. The van der Waals surface area contributed by atoms with Crippen LogP contribution < -0.4 is 0 Å². The van der Waals surface area contributed by atoms with Crippen molar-refractivity contribution in [2.75, 3.05) is 0 Å². The molecule has 5 heteroatoms. The molecule has 0 N–H and O–H groups in total. The van der Waals surface area contributed by atoms with Gasteiger partial charge >= 0.3 is 0 Å². The molecule has 108 valence electrons. The topological polar surface area (TPSA) is 20.3 Å². The van der Waals surface area contributed by atoms with Gasteiger partial charge in [0.05, 0.1) is 6.42 Å². The second-order valence-corrected chi connectivity index (χ2v) is 6.30. The van der Waals surface area contributed by atoms with E-state index in [1.165, 1.54) is 6.07 Å². The Balaban J connectivity index is 1.72. The zero-order valence-electron chi connectivity index (χ0n) is 11.0. The monoisotopic (exact) mass is 299 g/mol. The van der Waals surface area contributed by atoms with Crippen LogP contribution in [0.3, 0.4) is 0 Å². The molecule has 3 rings (SSSR count). The number of piperidine rings is 1. The molecule has 2 atom stereocenters. The Morgan fingerprint density at radius 2 is 1.85 bits per heavy atom. The number of fused-ring (bicyclic) bond motifs is 2. The van der Waals surface area contributed by atoms with E-state index in [0.717, 1.165) is 37.8 Å². The fraction of sp³-hybridized carbons (Fsp3) is 0.533. The molecule has 2 saturated heterocycles. The van der Waals surface area contributed by atoms with Crippen LogP contribution >= 0.6 is 11.6 Å². The van der Waals surface area contributed by atoms with Gasteiger partial charge < -0.3 is 4.90 Å². The molecule has 2 bridgehead atoms. The SMILES string of the molecule is O=C(Cc1ccc(F)c(F)c1)N1C2CCC1CC(Cl)C2. The number of alkyl halides is 1. The first-order valence-electron chi connectivity index (χ1n) is 6.93. The molecule has 1 amide bonds. The van der Waals surface area contributed by atoms with E-state index in [0.29, 0.717) is 5.56 Å². The Morgan fingerprint density at radius 1 is 1.20 bits per heavy atom. The summed E-state index contributed by atoms with van der Waals surface area (Å²) in [5.74, 6) is -1.80. The van der Waals surface area contributed by atoms with Gasteiger partial charge in [-0.1, -0.05) is 6.07 Å². The fourth-order valence-corrected chi connectivity index (χ4v) is 3.84. The number of carbonyl (C=O) groups excluding carboxylic acids is 1. The number of halogens is 3. The van der Waals surface area contributed by atoms with E-state index in [1.54, 1.807) is 0 Å². The number of rotatable bonds is 2. The first kappa shape index (κ1) is 13.8. The number of amides is 1. The summed E-state index contributed by atoms with van der Waals surface area (Å²) in [6.07, 6.45) is 3.79. The minimum absolute atomic E-state index is 0.00734. The predicted molar refractivity (Wildman–Crippen MR) is 72.6 cm³/mol. The Bertz CT molecular complexity index is 523. The van der Waals surface area contributed by atoms with Crippen LogP contribution in [0.1, 0.15) is 31.2 Å². The van der Waals surface area contributed by atoms with E-state index in [9.17, 15) is 13.6 Å². The number of nitrogens with zero attached hydrogens (tertiary/aromatic N) is 1. The number of hydrogen-bond donors (Lipinski definition) is 0. The fourth-order valence-electron chi connectivity index (χ4n) is 3.43. The summed E-state index contributed by atoms with van der Waals surface area (Å²) in [5.41, 5.74) is 0.515. The summed E-state index contributed by atoms with van der Waals surface area (Å²) in [4.78, 5) is 14.3. The molecular weight excluding hydrogens is 284 g/mol. The maximum atomic E-state index is 13.2. The van der Waals surface area contributed by atoms with Crippen LogP contribution in [0.4, 0.5) is 8.78 Å². The van der Waals surface area contributed by atoms with Crippen LogP contribution in [0, 0.1) is 11.6 Å². The van der Waals surface area contributed by atoms with Crippen LogP contribution in [0.25, 0.3) is 0 Å². The van der Waals surface area contributed by atoms with E-state index in [1.807, 2.05) is 4.90 Å². The van der Waals surface area contributed by atoms with Crippen molar-refractivity contribution < 1.29 is 13.6 Å². The van der Waals surface area contributed by atoms with Gasteiger partial charge in [0.15, 0.2) is 11.6 Å². The van der Waals surface area contributed by atoms with Gasteiger partial charge in [0.1, 0.15) is 0 Å². The highest BCUT2D eigenvalue weighted by molar-refractivity contribution is 6.20. The molecule has 0 radical (unpaired) electrons. The van der Waals surface area contributed by atoms with Gasteiger partial charge in [0.25, 0.3) is 0 Å². The molecule has 0 aliphatic carbocycles. The molecule has 2 heterocycles. The third-order valence-electron chi connectivity index (χ3n) is 4.30. The first-order chi connectivity index (χ1) is 9.54. The quantitative estimate of drug-likeness (QED) is 0.768. The molecule has 0 spiro atoms. The van der Waals surface area contributed by atoms with Crippen molar-refractivity contribution in [1.29, 1.82) is 0 Å². The Labute approximate surface area is 121 Å². The van der Waals surface area contributed by atoms with Crippen LogP contribution in [0.15, 0.2) is 18.2 Å². The van der Waals surface area contributed by atoms with E-state index in [2.05, 4.69) is 0 Å². The lowest BCUT2D eigenvalue weighted by molar-refractivity contribution is -0.134. The van der Waals surface area contributed by atoms with Crippen molar-refractivity contribution in [3.63, 3.8) is 0 Å². The maximum Gasteiger partial charge on any atom is 0.227 e. The summed E-state index contributed by atoms with van der Waals surface area (Å²) in [6, 6.07) is 4.07. The van der Waals surface area contributed by atoms with Crippen molar-refractivity contribution >= 4 is 17.5 Å². The summed E-state index contributed by atoms with van der Waals surface area (Å²) >= 11 is 6.19. The highest BCUT2D eigenvalue weighted by Crippen LogP contribution is 2.38. The van der Waals surface area contributed by atoms with Crippen molar-refractivity contribution in [2.24, 2.45) is 0 Å². The Morgan fingerprint density at radius 3 is 2.45 bits per heavy atom. The van der Waals surface area contributed by atoms with E-state index in [-0.39, 0.29) is 29.8 Å². The second-order valence-electron chi connectivity index (χ2n) is 5.68. The van der Waals surface area contributed by atoms with Crippen LogP contribution in [-0.2, 0) is 11.2 Å². The summed E-state index contributed by atoms with van der Waals surface area (Å²) in [5, 5.41) is 0.153. The predicted octanol–water partition coefficient (Wildman–Crippen LogP) is 3.27. The minimum atomic E-state index is -0.905. The highest BCUT2D eigenvalue weighted by atomic mass is 35.5. The first-order valence-corrected chi connectivity index (χ1v) is 7.37. The molecule has 2 unspecified atom stereocenters. The molecule has 2 nitrogen and oxygen atoms in total. The van der Waals surface area contributed by atoms with Gasteiger partial charge in [-0.15, -0.1) is 11.6 Å². The molecule has 2 aliphatic heterocycles. The molecule has 1 aromatic carbocycles. The average Bonchev–Trinajstić information content (AvgIpc) is 2.66. The van der Waals surface area contributed by atoms with Gasteiger partial charge in [-0.25, -0.2) is 8.78 Å². The molecule has 0 aromatic heterocycles. The van der Waals surface area contributed by atoms with Crippen LogP contribution in [-0.4, -0.2) is 28.3 Å². The standard InChI is InChI=1S/C15H16ClF2NO/c16-10-7-11-2-3-12(8-10)19(11)15(20)6-9-1-4-13(17)14(18)5-9/h1,4-5,10-12H,2-3,6-8H2. The third-order valence-corrected chi connectivity index (χ3v) is 4.66. The van der Waals surface area contributed by atoms with Crippen LogP contribution in [0.2, 0.25) is 0 Å². The van der Waals surface area contributed by atoms with Gasteiger partial charge in [-0.3, -0.25) is 4.79 Å². The molecular formula is C15H16ClF2NO. The van der Waals surface area contributed by atoms with Gasteiger partial charge in [-0.2, -0.15) is 0 Å². The summed E-state index contributed by atoms with van der Waals surface area (Å²) in [6.45, 7) is 0. The maximum absolute atomic E-state index is 13.2. The molecule has 2 fully saturated rings. The summed E-state index contributed by atoms with van der Waals surface area (Å²) < 4.78 is 26.1. The third kappa shape index (κ3) is 2.53. The van der Waals surface area contributed by atoms with Crippen molar-refractivity contribution in [1.82, 2.24) is 4.90 Å². The lowest BCUT2D eigenvalue weighted by atomic mass is 10.0. The number of benzene rings is 1. The Kier molecular flexibility index (Phi) is 3.67. The lowest BCUT2D eigenvalue weighted by Crippen LogP contribution is -2.47. The van der Waals surface area contributed by atoms with E-state index < -0.39 is 11.6 Å².